The molecule has 0 aromatic heterocycles. The van der Waals surface area contributed by atoms with Crippen molar-refractivity contribution in [3.05, 3.63) is 33.8 Å². The maximum Gasteiger partial charge on any atom is 0.0952 e. The summed E-state index contributed by atoms with van der Waals surface area (Å²) in [4.78, 5) is 5.17. The van der Waals surface area contributed by atoms with Crippen molar-refractivity contribution in [1.82, 2.24) is 5.48 Å². The standard InChI is InChI=1S/C12H17Cl2NO2/c1-8(2)7-17-15-6-12(16)10-5-9(13)3-4-11(10)14/h3-5,8,12,15-16H,6-7H2,1-2H3. The third kappa shape index (κ3) is 5.23. The zero-order valence-corrected chi connectivity index (χ0v) is 11.4. The summed E-state index contributed by atoms with van der Waals surface area (Å²) in [5.41, 5.74) is 3.31. The normalized spacial score (nSPS) is 13.1. The number of hydrogen-bond donors (Lipinski definition) is 2. The van der Waals surface area contributed by atoms with Gasteiger partial charge >= 0.3 is 0 Å². The molecule has 1 rings (SSSR count). The summed E-state index contributed by atoms with van der Waals surface area (Å²) >= 11 is 11.8. The Bertz CT molecular complexity index is 358. The number of hydroxylamine groups is 1. The van der Waals surface area contributed by atoms with E-state index in [0.29, 0.717) is 28.1 Å². The van der Waals surface area contributed by atoms with E-state index in [2.05, 4.69) is 5.48 Å². The van der Waals surface area contributed by atoms with Gasteiger partial charge in [0.05, 0.1) is 19.3 Å². The fourth-order valence-corrected chi connectivity index (χ4v) is 1.67. The van der Waals surface area contributed by atoms with Crippen molar-refractivity contribution < 1.29 is 9.94 Å². The van der Waals surface area contributed by atoms with E-state index >= 15 is 0 Å². The molecule has 1 atom stereocenters. The molecule has 0 aliphatic carbocycles. The predicted molar refractivity (Wildman–Crippen MR) is 70.2 cm³/mol. The van der Waals surface area contributed by atoms with Crippen molar-refractivity contribution in [1.29, 1.82) is 0 Å². The molecule has 0 aliphatic heterocycles. The van der Waals surface area contributed by atoms with Crippen LogP contribution in [-0.2, 0) is 4.84 Å². The van der Waals surface area contributed by atoms with Gasteiger partial charge in [-0.2, -0.15) is 5.48 Å². The lowest BCUT2D eigenvalue weighted by Gasteiger charge is -2.14. The van der Waals surface area contributed by atoms with Gasteiger partial charge in [-0.05, 0) is 24.1 Å². The van der Waals surface area contributed by atoms with Crippen molar-refractivity contribution in [3.63, 3.8) is 0 Å². The molecule has 0 bridgehead atoms. The Balaban J connectivity index is 2.46. The fourth-order valence-electron chi connectivity index (χ4n) is 1.24. The van der Waals surface area contributed by atoms with Gasteiger partial charge in [0.1, 0.15) is 0 Å². The molecule has 0 heterocycles. The van der Waals surface area contributed by atoms with Crippen LogP contribution in [-0.4, -0.2) is 18.3 Å². The van der Waals surface area contributed by atoms with Gasteiger partial charge in [-0.3, -0.25) is 0 Å². The van der Waals surface area contributed by atoms with Gasteiger partial charge in [0.15, 0.2) is 0 Å². The lowest BCUT2D eigenvalue weighted by atomic mass is 10.1. The molecule has 0 radical (unpaired) electrons. The molecule has 0 amide bonds. The first-order valence-corrected chi connectivity index (χ1v) is 6.24. The lowest BCUT2D eigenvalue weighted by molar-refractivity contribution is 0.000359. The van der Waals surface area contributed by atoms with Crippen LogP contribution in [0, 0.1) is 5.92 Å². The molecular weight excluding hydrogens is 261 g/mol. The Kier molecular flexibility index (Phi) is 6.23. The second-order valence-corrected chi connectivity index (χ2v) is 5.08. The molecule has 1 aromatic rings. The topological polar surface area (TPSA) is 41.5 Å². The van der Waals surface area contributed by atoms with Crippen LogP contribution >= 0.6 is 23.2 Å². The minimum absolute atomic E-state index is 0.271. The number of nitrogens with one attached hydrogen (secondary N) is 1. The average molecular weight is 278 g/mol. The van der Waals surface area contributed by atoms with Crippen LogP contribution in [0.15, 0.2) is 18.2 Å². The van der Waals surface area contributed by atoms with Crippen LogP contribution in [0.4, 0.5) is 0 Å². The first-order valence-electron chi connectivity index (χ1n) is 5.48. The molecule has 0 saturated heterocycles. The molecule has 1 unspecified atom stereocenters. The molecule has 0 aliphatic rings. The quantitative estimate of drug-likeness (QED) is 0.620. The summed E-state index contributed by atoms with van der Waals surface area (Å²) in [6.07, 6.45) is -0.742. The first kappa shape index (κ1) is 14.7. The molecule has 3 nitrogen and oxygen atoms in total. The summed E-state index contributed by atoms with van der Waals surface area (Å²) in [7, 11) is 0. The Morgan fingerprint density at radius 2 is 2.06 bits per heavy atom. The van der Waals surface area contributed by atoms with Crippen LogP contribution in [0.25, 0.3) is 0 Å². The van der Waals surface area contributed by atoms with Crippen LogP contribution in [0.1, 0.15) is 25.5 Å². The Morgan fingerprint density at radius 1 is 1.35 bits per heavy atom. The summed E-state index contributed by atoms with van der Waals surface area (Å²) in [6.45, 7) is 4.96. The van der Waals surface area contributed by atoms with Gasteiger partial charge in [-0.1, -0.05) is 37.0 Å². The minimum Gasteiger partial charge on any atom is -0.387 e. The highest BCUT2D eigenvalue weighted by molar-refractivity contribution is 6.33. The predicted octanol–water partition coefficient (Wildman–Crippen LogP) is 3.20. The van der Waals surface area contributed by atoms with E-state index in [9.17, 15) is 5.11 Å². The zero-order valence-electron chi connectivity index (χ0n) is 9.91. The van der Waals surface area contributed by atoms with E-state index in [1.54, 1.807) is 18.2 Å². The van der Waals surface area contributed by atoms with E-state index in [0.717, 1.165) is 0 Å². The van der Waals surface area contributed by atoms with Crippen LogP contribution < -0.4 is 5.48 Å². The molecule has 0 spiro atoms. The Labute approximate surface area is 112 Å². The summed E-state index contributed by atoms with van der Waals surface area (Å²) in [5.74, 6) is 0.439. The van der Waals surface area contributed by atoms with Gasteiger partial charge in [-0.15, -0.1) is 0 Å². The minimum atomic E-state index is -0.742. The fraction of sp³-hybridized carbons (Fsp3) is 0.500. The molecule has 2 N–H and O–H groups in total. The van der Waals surface area contributed by atoms with Gasteiger partial charge in [0, 0.05) is 15.6 Å². The number of halogens is 2. The smallest absolute Gasteiger partial charge is 0.0952 e. The monoisotopic (exact) mass is 277 g/mol. The third-order valence-corrected chi connectivity index (χ3v) is 2.69. The van der Waals surface area contributed by atoms with E-state index < -0.39 is 6.10 Å². The number of benzene rings is 1. The number of hydrogen-bond acceptors (Lipinski definition) is 3. The SMILES string of the molecule is CC(C)CONCC(O)c1cc(Cl)ccc1Cl. The van der Waals surface area contributed by atoms with Crippen molar-refractivity contribution in [2.45, 2.75) is 20.0 Å². The first-order chi connectivity index (χ1) is 8.00. The van der Waals surface area contributed by atoms with E-state index in [1.165, 1.54) is 0 Å². The average Bonchev–Trinajstić information content (AvgIpc) is 2.27. The van der Waals surface area contributed by atoms with Gasteiger partial charge in [0.2, 0.25) is 0 Å². The van der Waals surface area contributed by atoms with Crippen molar-refractivity contribution >= 4 is 23.2 Å². The van der Waals surface area contributed by atoms with E-state index in [4.69, 9.17) is 28.0 Å². The van der Waals surface area contributed by atoms with Crippen molar-refractivity contribution in [3.8, 4) is 0 Å². The van der Waals surface area contributed by atoms with Gasteiger partial charge < -0.3 is 9.94 Å². The molecule has 0 saturated carbocycles. The largest absolute Gasteiger partial charge is 0.387 e. The van der Waals surface area contributed by atoms with Gasteiger partial charge in [-0.25, -0.2) is 0 Å². The molecule has 96 valence electrons. The number of aliphatic hydroxyl groups is 1. The Morgan fingerprint density at radius 3 is 2.71 bits per heavy atom. The zero-order chi connectivity index (χ0) is 12.8. The molecule has 1 aromatic carbocycles. The second kappa shape index (κ2) is 7.19. The summed E-state index contributed by atoms with van der Waals surface area (Å²) in [5, 5.41) is 10.9. The highest BCUT2D eigenvalue weighted by Crippen LogP contribution is 2.25. The highest BCUT2D eigenvalue weighted by atomic mass is 35.5. The van der Waals surface area contributed by atoms with Crippen molar-refractivity contribution in [2.75, 3.05) is 13.2 Å². The maximum absolute atomic E-state index is 9.91. The second-order valence-electron chi connectivity index (χ2n) is 4.23. The molecule has 17 heavy (non-hydrogen) atoms. The number of rotatable bonds is 6. The lowest BCUT2D eigenvalue weighted by Crippen LogP contribution is -2.24. The van der Waals surface area contributed by atoms with Crippen LogP contribution in [0.2, 0.25) is 10.0 Å². The maximum atomic E-state index is 9.91. The van der Waals surface area contributed by atoms with Crippen LogP contribution in [0.5, 0.6) is 0 Å². The molecule has 5 heteroatoms. The third-order valence-electron chi connectivity index (χ3n) is 2.11. The van der Waals surface area contributed by atoms with E-state index in [1.807, 2.05) is 13.8 Å². The summed E-state index contributed by atoms with van der Waals surface area (Å²) < 4.78 is 0. The van der Waals surface area contributed by atoms with Crippen molar-refractivity contribution in [2.24, 2.45) is 5.92 Å². The highest BCUT2D eigenvalue weighted by Gasteiger charge is 2.12. The van der Waals surface area contributed by atoms with Crippen LogP contribution in [0.3, 0.4) is 0 Å². The Hall–Kier alpha value is -0.320. The van der Waals surface area contributed by atoms with E-state index in [-0.39, 0.29) is 6.54 Å². The van der Waals surface area contributed by atoms with Gasteiger partial charge in [0.25, 0.3) is 0 Å². The molecular formula is C12H17Cl2NO2. The molecule has 0 fully saturated rings. The number of aliphatic hydroxyl groups excluding tert-OH is 1. The summed E-state index contributed by atoms with van der Waals surface area (Å²) in [6, 6.07) is 5.00.